The van der Waals surface area contributed by atoms with E-state index >= 15 is 0 Å². The van der Waals surface area contributed by atoms with E-state index in [-0.39, 0.29) is 17.4 Å². The van der Waals surface area contributed by atoms with Crippen molar-refractivity contribution < 1.29 is 0 Å². The largest absolute Gasteiger partial charge is 0.382 e. The number of nitrogens with one attached hydrogen (secondary N) is 1. The molecule has 0 radical (unpaired) electrons. The van der Waals surface area contributed by atoms with Crippen molar-refractivity contribution in [3.05, 3.63) is 53.4 Å². The molecule has 196 valence electrons. The third-order valence-corrected chi connectivity index (χ3v) is 7.19. The SMILES string of the molecule is Cc1cc(-c2nc(C(C)Nc3ncnc(N)c3C#N)nn3ccc(C)c23)cc(N2CCC(N(C)C)CC2)n1. The molecule has 38 heavy (non-hydrogen) atoms. The predicted molar refractivity (Wildman–Crippen MR) is 148 cm³/mol. The van der Waals surface area contributed by atoms with E-state index in [0.29, 0.717) is 17.7 Å². The van der Waals surface area contributed by atoms with Crippen molar-refractivity contribution in [3.8, 4) is 17.3 Å². The van der Waals surface area contributed by atoms with Gasteiger partial charge in [0.25, 0.3) is 0 Å². The van der Waals surface area contributed by atoms with Crippen LogP contribution >= 0.6 is 0 Å². The van der Waals surface area contributed by atoms with E-state index in [4.69, 9.17) is 20.8 Å². The van der Waals surface area contributed by atoms with Gasteiger partial charge in [-0.3, -0.25) is 0 Å². The molecule has 1 saturated heterocycles. The molecule has 1 fully saturated rings. The summed E-state index contributed by atoms with van der Waals surface area (Å²) in [5, 5.41) is 17.5. The van der Waals surface area contributed by atoms with E-state index < -0.39 is 0 Å². The lowest BCUT2D eigenvalue weighted by Crippen LogP contribution is -2.42. The third-order valence-electron chi connectivity index (χ3n) is 7.19. The van der Waals surface area contributed by atoms with Crippen LogP contribution in [0.15, 0.2) is 30.7 Å². The van der Waals surface area contributed by atoms with Crippen LogP contribution in [0.25, 0.3) is 16.8 Å². The molecular weight excluding hydrogens is 478 g/mol. The topological polar surface area (TPSA) is 137 Å². The molecule has 4 aromatic heterocycles. The fraction of sp³-hybridized carbons (Fsp3) is 0.407. The maximum absolute atomic E-state index is 9.52. The van der Waals surface area contributed by atoms with Crippen LogP contribution in [0, 0.1) is 25.2 Å². The van der Waals surface area contributed by atoms with Crippen LogP contribution < -0.4 is 16.0 Å². The Morgan fingerprint density at radius 3 is 2.63 bits per heavy atom. The summed E-state index contributed by atoms with van der Waals surface area (Å²) >= 11 is 0. The van der Waals surface area contributed by atoms with Gasteiger partial charge in [0.2, 0.25) is 0 Å². The summed E-state index contributed by atoms with van der Waals surface area (Å²) in [4.78, 5) is 22.7. The number of pyridine rings is 1. The van der Waals surface area contributed by atoms with E-state index in [1.165, 1.54) is 6.33 Å². The lowest BCUT2D eigenvalue weighted by Gasteiger charge is -2.36. The molecule has 0 bridgehead atoms. The van der Waals surface area contributed by atoms with E-state index in [2.05, 4.69) is 64.3 Å². The molecule has 5 heterocycles. The lowest BCUT2D eigenvalue weighted by atomic mass is 10.0. The van der Waals surface area contributed by atoms with Gasteiger partial charge in [-0.15, -0.1) is 0 Å². The zero-order valence-corrected chi connectivity index (χ0v) is 22.5. The molecule has 1 aliphatic rings. The third kappa shape index (κ3) is 4.82. The number of nitrogen functional groups attached to an aromatic ring is 1. The predicted octanol–water partition coefficient (Wildman–Crippen LogP) is 3.36. The first kappa shape index (κ1) is 25.4. The zero-order chi connectivity index (χ0) is 27.0. The molecule has 0 saturated carbocycles. The van der Waals surface area contributed by atoms with E-state index in [1.54, 1.807) is 0 Å². The smallest absolute Gasteiger partial charge is 0.171 e. The molecule has 0 amide bonds. The molecule has 1 unspecified atom stereocenters. The number of hydrogen-bond acceptors (Lipinski definition) is 10. The van der Waals surface area contributed by atoms with Crippen molar-refractivity contribution >= 4 is 23.0 Å². The number of fused-ring (bicyclic) bond motifs is 1. The Hall–Kier alpha value is -4.30. The van der Waals surface area contributed by atoms with Gasteiger partial charge in [-0.1, -0.05) is 0 Å². The summed E-state index contributed by atoms with van der Waals surface area (Å²) in [6.07, 6.45) is 5.49. The first-order valence-corrected chi connectivity index (χ1v) is 12.8. The zero-order valence-electron chi connectivity index (χ0n) is 22.5. The van der Waals surface area contributed by atoms with Crippen LogP contribution in [0.4, 0.5) is 17.5 Å². The van der Waals surface area contributed by atoms with Gasteiger partial charge >= 0.3 is 0 Å². The van der Waals surface area contributed by atoms with Crippen molar-refractivity contribution in [2.45, 2.75) is 45.7 Å². The van der Waals surface area contributed by atoms with Crippen molar-refractivity contribution in [1.29, 1.82) is 5.26 Å². The molecular formula is C27H33N11. The summed E-state index contributed by atoms with van der Waals surface area (Å²) in [5.41, 5.74) is 10.9. The van der Waals surface area contributed by atoms with Crippen molar-refractivity contribution in [3.63, 3.8) is 0 Å². The van der Waals surface area contributed by atoms with Crippen LogP contribution in [-0.4, -0.2) is 67.7 Å². The Kier molecular flexibility index (Phi) is 6.82. The number of nitriles is 1. The van der Waals surface area contributed by atoms with Gasteiger partial charge in [0, 0.05) is 36.6 Å². The van der Waals surface area contributed by atoms with Gasteiger partial charge in [0.1, 0.15) is 35.4 Å². The van der Waals surface area contributed by atoms with Crippen LogP contribution in [0.1, 0.15) is 48.5 Å². The maximum atomic E-state index is 9.52. The Morgan fingerprint density at radius 1 is 1.16 bits per heavy atom. The van der Waals surface area contributed by atoms with Gasteiger partial charge in [-0.05, 0) is 71.5 Å². The number of piperidine rings is 1. The highest BCUT2D eigenvalue weighted by molar-refractivity contribution is 5.81. The van der Waals surface area contributed by atoms with Gasteiger partial charge in [-0.2, -0.15) is 10.4 Å². The molecule has 1 aliphatic heterocycles. The fourth-order valence-corrected chi connectivity index (χ4v) is 5.03. The highest BCUT2D eigenvalue weighted by atomic mass is 15.3. The van der Waals surface area contributed by atoms with Crippen molar-refractivity contribution in [1.82, 2.24) is 34.4 Å². The van der Waals surface area contributed by atoms with Gasteiger partial charge in [-0.25, -0.2) is 24.5 Å². The number of aryl methyl sites for hydroxylation is 2. The lowest BCUT2D eigenvalue weighted by molar-refractivity contribution is 0.249. The Bertz CT molecular complexity index is 1510. The average Bonchev–Trinajstić information content (AvgIpc) is 3.28. The number of anilines is 3. The summed E-state index contributed by atoms with van der Waals surface area (Å²) < 4.78 is 1.86. The number of aromatic nitrogens is 6. The highest BCUT2D eigenvalue weighted by Gasteiger charge is 2.23. The second kappa shape index (κ2) is 10.2. The molecule has 3 N–H and O–H groups in total. The Labute approximate surface area is 222 Å². The average molecular weight is 512 g/mol. The maximum Gasteiger partial charge on any atom is 0.171 e. The normalized spacial score (nSPS) is 15.1. The van der Waals surface area contributed by atoms with Gasteiger partial charge in [0.15, 0.2) is 5.82 Å². The number of hydrogen-bond donors (Lipinski definition) is 2. The first-order valence-electron chi connectivity index (χ1n) is 12.8. The van der Waals surface area contributed by atoms with Crippen LogP contribution in [0.3, 0.4) is 0 Å². The Morgan fingerprint density at radius 2 is 1.92 bits per heavy atom. The summed E-state index contributed by atoms with van der Waals surface area (Å²) in [7, 11) is 4.30. The molecule has 0 spiro atoms. The minimum absolute atomic E-state index is 0.129. The van der Waals surface area contributed by atoms with Crippen LogP contribution in [0.5, 0.6) is 0 Å². The second-order valence-electron chi connectivity index (χ2n) is 10.1. The van der Waals surface area contributed by atoms with Gasteiger partial charge in [0.05, 0.1) is 17.3 Å². The first-order chi connectivity index (χ1) is 18.2. The monoisotopic (exact) mass is 511 g/mol. The molecule has 11 heteroatoms. The van der Waals surface area contributed by atoms with Crippen molar-refractivity contribution in [2.75, 3.05) is 43.1 Å². The quantitative estimate of drug-likeness (QED) is 0.396. The summed E-state index contributed by atoms with van der Waals surface area (Å²) in [5.74, 6) is 2.02. The second-order valence-corrected chi connectivity index (χ2v) is 10.1. The van der Waals surface area contributed by atoms with Crippen LogP contribution in [0.2, 0.25) is 0 Å². The molecule has 0 aliphatic carbocycles. The van der Waals surface area contributed by atoms with E-state index in [1.807, 2.05) is 30.6 Å². The van der Waals surface area contributed by atoms with E-state index in [9.17, 15) is 5.26 Å². The minimum Gasteiger partial charge on any atom is -0.382 e. The number of rotatable bonds is 6. The number of nitrogens with zero attached hydrogens (tertiary/aromatic N) is 9. The molecule has 0 aromatic carbocycles. The highest BCUT2D eigenvalue weighted by Crippen LogP contribution is 2.31. The minimum atomic E-state index is -0.352. The van der Waals surface area contributed by atoms with Gasteiger partial charge < -0.3 is 20.9 Å². The van der Waals surface area contributed by atoms with Crippen LogP contribution in [-0.2, 0) is 0 Å². The summed E-state index contributed by atoms with van der Waals surface area (Å²) in [6, 6.07) is 8.57. The fourth-order valence-electron chi connectivity index (χ4n) is 5.03. The van der Waals surface area contributed by atoms with E-state index in [0.717, 1.165) is 59.8 Å². The standard InChI is InChI=1S/C27H33N11/c1-16-6-11-38-24(16)23(34-26(35-38)18(3)33-27-21(14-28)25(29)30-15-31-27)19-12-17(2)32-22(13-19)37-9-7-20(8-10-37)36(4)5/h6,11-13,15,18,20H,7-10H2,1-5H3,(H3,29,30,31,33). The molecule has 11 nitrogen and oxygen atoms in total. The number of nitrogens with two attached hydrogens (primary N) is 1. The molecule has 5 rings (SSSR count). The molecule has 1 atom stereocenters. The van der Waals surface area contributed by atoms with Crippen molar-refractivity contribution in [2.24, 2.45) is 0 Å². The Balaban J connectivity index is 1.53. The summed E-state index contributed by atoms with van der Waals surface area (Å²) in [6.45, 7) is 7.96. The molecule has 4 aromatic rings.